The van der Waals surface area contributed by atoms with Crippen molar-refractivity contribution in [1.82, 2.24) is 9.99 Å². The Bertz CT molecular complexity index is 1460. The summed E-state index contributed by atoms with van der Waals surface area (Å²) in [5.41, 5.74) is 8.25. The lowest BCUT2D eigenvalue weighted by molar-refractivity contribution is -0.120. The summed E-state index contributed by atoms with van der Waals surface area (Å²) in [6.07, 6.45) is 2.05. The van der Waals surface area contributed by atoms with Gasteiger partial charge in [0.05, 0.1) is 12.6 Å². The quantitative estimate of drug-likeness (QED) is 0.266. The molecule has 0 aliphatic carbocycles. The van der Waals surface area contributed by atoms with Gasteiger partial charge in [-0.25, -0.2) is 5.43 Å². The van der Waals surface area contributed by atoms with Gasteiger partial charge < -0.3 is 4.57 Å². The molecule has 162 valence electrons. The number of aromatic nitrogens is 1. The number of hydrazone groups is 1. The molecule has 1 aromatic heterocycles. The van der Waals surface area contributed by atoms with Gasteiger partial charge in [-0.2, -0.15) is 5.10 Å². The number of nitrogens with zero attached hydrogens (tertiary/aromatic N) is 2. The molecular weight excluding hydrogens is 406 g/mol. The largest absolute Gasteiger partial charge is 0.340 e. The van der Waals surface area contributed by atoms with Gasteiger partial charge in [-0.3, -0.25) is 4.79 Å². The van der Waals surface area contributed by atoms with E-state index in [0.717, 1.165) is 45.0 Å². The third-order valence-electron chi connectivity index (χ3n) is 6.08. The van der Waals surface area contributed by atoms with Crippen molar-refractivity contribution in [2.75, 3.05) is 0 Å². The number of benzene rings is 4. The average Bonchev–Trinajstić information content (AvgIpc) is 3.11. The number of hydrogen-bond donors (Lipinski definition) is 1. The van der Waals surface area contributed by atoms with Crippen LogP contribution in [-0.4, -0.2) is 16.7 Å². The van der Waals surface area contributed by atoms with Gasteiger partial charge in [-0.05, 0) is 34.9 Å². The SMILES string of the molecule is Cc1c(/C=N/NC(=O)Cc2cccc3ccccc23)c2ccccc2n1Cc1ccccc1. The average molecular weight is 432 g/mol. The first-order valence-corrected chi connectivity index (χ1v) is 11.1. The normalized spacial score (nSPS) is 11.4. The van der Waals surface area contributed by atoms with Gasteiger partial charge in [0.2, 0.25) is 5.91 Å². The summed E-state index contributed by atoms with van der Waals surface area (Å²) < 4.78 is 2.30. The predicted octanol–water partition coefficient (Wildman–Crippen LogP) is 5.84. The minimum atomic E-state index is -0.131. The molecule has 0 spiro atoms. The minimum Gasteiger partial charge on any atom is -0.340 e. The molecule has 33 heavy (non-hydrogen) atoms. The second-order valence-electron chi connectivity index (χ2n) is 8.20. The lowest BCUT2D eigenvalue weighted by Crippen LogP contribution is -2.20. The van der Waals surface area contributed by atoms with Crippen molar-refractivity contribution < 1.29 is 4.79 Å². The van der Waals surface area contributed by atoms with E-state index >= 15 is 0 Å². The Morgan fingerprint density at radius 2 is 1.55 bits per heavy atom. The smallest absolute Gasteiger partial charge is 0.244 e. The van der Waals surface area contributed by atoms with Crippen molar-refractivity contribution in [2.24, 2.45) is 5.10 Å². The number of fused-ring (bicyclic) bond motifs is 2. The van der Waals surface area contributed by atoms with Gasteiger partial charge >= 0.3 is 0 Å². The zero-order valence-corrected chi connectivity index (χ0v) is 18.5. The first-order valence-electron chi connectivity index (χ1n) is 11.1. The van der Waals surface area contributed by atoms with E-state index in [1.165, 1.54) is 5.56 Å². The maximum absolute atomic E-state index is 12.6. The molecule has 0 saturated carbocycles. The lowest BCUT2D eigenvalue weighted by Gasteiger charge is -2.08. The molecule has 1 N–H and O–H groups in total. The monoisotopic (exact) mass is 431 g/mol. The summed E-state index contributed by atoms with van der Waals surface area (Å²) in [4.78, 5) is 12.6. The molecule has 0 aliphatic rings. The zero-order valence-electron chi connectivity index (χ0n) is 18.5. The van der Waals surface area contributed by atoms with Crippen LogP contribution < -0.4 is 5.43 Å². The van der Waals surface area contributed by atoms with E-state index in [-0.39, 0.29) is 12.3 Å². The van der Waals surface area contributed by atoms with E-state index in [2.05, 4.69) is 76.6 Å². The summed E-state index contributed by atoms with van der Waals surface area (Å²) in [7, 11) is 0. The van der Waals surface area contributed by atoms with Crippen molar-refractivity contribution in [3.05, 3.63) is 119 Å². The van der Waals surface area contributed by atoms with E-state index < -0.39 is 0 Å². The molecule has 5 rings (SSSR count). The van der Waals surface area contributed by atoms with Crippen molar-refractivity contribution in [3.8, 4) is 0 Å². The molecule has 0 radical (unpaired) electrons. The van der Waals surface area contributed by atoms with Crippen molar-refractivity contribution in [3.63, 3.8) is 0 Å². The van der Waals surface area contributed by atoms with Crippen LogP contribution in [0.3, 0.4) is 0 Å². The molecule has 0 atom stereocenters. The first kappa shape index (κ1) is 20.7. The van der Waals surface area contributed by atoms with Gasteiger partial charge in [0, 0.05) is 28.7 Å². The van der Waals surface area contributed by atoms with Crippen LogP contribution in [0.25, 0.3) is 21.7 Å². The van der Waals surface area contributed by atoms with E-state index in [0.29, 0.717) is 0 Å². The topological polar surface area (TPSA) is 46.4 Å². The predicted molar refractivity (Wildman–Crippen MR) is 136 cm³/mol. The van der Waals surface area contributed by atoms with Crippen molar-refractivity contribution in [1.29, 1.82) is 0 Å². The minimum absolute atomic E-state index is 0.131. The molecule has 0 aliphatic heterocycles. The highest BCUT2D eigenvalue weighted by atomic mass is 16.2. The van der Waals surface area contributed by atoms with Crippen LogP contribution in [0.15, 0.2) is 102 Å². The van der Waals surface area contributed by atoms with Crippen molar-refractivity contribution >= 4 is 33.8 Å². The summed E-state index contributed by atoms with van der Waals surface area (Å²) in [5, 5.41) is 7.66. The van der Waals surface area contributed by atoms with Crippen LogP contribution in [-0.2, 0) is 17.8 Å². The van der Waals surface area contributed by atoms with Gasteiger partial charge in [-0.15, -0.1) is 0 Å². The fourth-order valence-corrected chi connectivity index (χ4v) is 4.42. The first-order chi connectivity index (χ1) is 16.2. The summed E-state index contributed by atoms with van der Waals surface area (Å²) in [5.74, 6) is -0.131. The van der Waals surface area contributed by atoms with E-state index in [4.69, 9.17) is 0 Å². The molecule has 4 nitrogen and oxygen atoms in total. The van der Waals surface area contributed by atoms with E-state index in [1.54, 1.807) is 6.21 Å². The number of para-hydroxylation sites is 1. The molecule has 1 heterocycles. The molecule has 0 saturated heterocycles. The third kappa shape index (κ3) is 4.28. The highest BCUT2D eigenvalue weighted by molar-refractivity contribution is 6.01. The van der Waals surface area contributed by atoms with Crippen LogP contribution in [0.5, 0.6) is 0 Å². The zero-order chi connectivity index (χ0) is 22.6. The van der Waals surface area contributed by atoms with Gasteiger partial charge in [0.25, 0.3) is 0 Å². The molecular formula is C29H25N3O. The lowest BCUT2D eigenvalue weighted by atomic mass is 10.0. The second-order valence-corrected chi connectivity index (χ2v) is 8.20. The Morgan fingerprint density at radius 3 is 2.39 bits per heavy atom. The second kappa shape index (κ2) is 9.13. The molecule has 4 aromatic carbocycles. The molecule has 1 amide bonds. The highest BCUT2D eigenvalue weighted by Gasteiger charge is 2.13. The van der Waals surface area contributed by atoms with Crippen LogP contribution in [0.1, 0.15) is 22.4 Å². The van der Waals surface area contributed by atoms with E-state index in [1.807, 2.05) is 42.5 Å². The van der Waals surface area contributed by atoms with Crippen LogP contribution in [0, 0.1) is 6.92 Å². The summed E-state index contributed by atoms with van der Waals surface area (Å²) in [6.45, 7) is 2.89. The summed E-state index contributed by atoms with van der Waals surface area (Å²) in [6, 6.07) is 32.9. The number of carbonyl (C=O) groups excluding carboxylic acids is 1. The van der Waals surface area contributed by atoms with Gasteiger partial charge in [-0.1, -0.05) is 91.0 Å². The molecule has 5 aromatic rings. The Balaban J connectivity index is 1.37. The van der Waals surface area contributed by atoms with Crippen LogP contribution >= 0.6 is 0 Å². The third-order valence-corrected chi connectivity index (χ3v) is 6.08. The maximum atomic E-state index is 12.6. The number of hydrogen-bond acceptors (Lipinski definition) is 2. The molecule has 0 fully saturated rings. The Morgan fingerprint density at radius 1 is 0.848 bits per heavy atom. The highest BCUT2D eigenvalue weighted by Crippen LogP contribution is 2.25. The molecule has 0 bridgehead atoms. The van der Waals surface area contributed by atoms with Crippen LogP contribution in [0.4, 0.5) is 0 Å². The Labute approximate surface area is 193 Å². The number of amides is 1. The van der Waals surface area contributed by atoms with Gasteiger partial charge in [0.15, 0.2) is 0 Å². The Kier molecular flexibility index (Phi) is 5.73. The Hall–Kier alpha value is -4.18. The fraction of sp³-hybridized carbons (Fsp3) is 0.103. The number of rotatable bonds is 6. The van der Waals surface area contributed by atoms with Gasteiger partial charge in [0.1, 0.15) is 0 Å². The maximum Gasteiger partial charge on any atom is 0.244 e. The van der Waals surface area contributed by atoms with Crippen molar-refractivity contribution in [2.45, 2.75) is 19.9 Å². The standard InChI is InChI=1S/C29H25N3O/c1-21-27(26-16-7-8-17-28(26)32(21)20-22-10-3-2-4-11-22)19-30-31-29(33)18-24-14-9-13-23-12-5-6-15-25(23)24/h2-17,19H,18,20H2,1H3,(H,31,33)/b30-19+. The van der Waals surface area contributed by atoms with Crippen LogP contribution in [0.2, 0.25) is 0 Å². The fourth-order valence-electron chi connectivity index (χ4n) is 4.42. The van der Waals surface area contributed by atoms with E-state index in [9.17, 15) is 4.79 Å². The number of carbonyl (C=O) groups is 1. The molecule has 4 heteroatoms. The summed E-state index contributed by atoms with van der Waals surface area (Å²) >= 11 is 0. The number of nitrogens with one attached hydrogen (secondary N) is 1. The molecule has 0 unspecified atom stereocenters.